The summed E-state index contributed by atoms with van der Waals surface area (Å²) in [6, 6.07) is 9.44. The Morgan fingerprint density at radius 1 is 1.23 bits per heavy atom. The van der Waals surface area contributed by atoms with Crippen molar-refractivity contribution in [1.29, 1.82) is 0 Å². The van der Waals surface area contributed by atoms with Gasteiger partial charge in [0, 0.05) is 39.6 Å². The number of hydrogen-bond donors (Lipinski definition) is 2. The van der Waals surface area contributed by atoms with Gasteiger partial charge >= 0.3 is 0 Å². The van der Waals surface area contributed by atoms with Gasteiger partial charge in [0.05, 0.1) is 5.69 Å². The minimum Gasteiger partial charge on any atom is -0.358 e. The fourth-order valence-corrected chi connectivity index (χ4v) is 0.682. The molecule has 0 aliphatic carbocycles. The van der Waals surface area contributed by atoms with E-state index in [9.17, 15) is 4.79 Å². The quantitative estimate of drug-likeness (QED) is 0.621. The van der Waals surface area contributed by atoms with Gasteiger partial charge in [-0.15, -0.1) is 0 Å². The molecule has 2 N–H and O–H groups in total. The van der Waals surface area contributed by atoms with E-state index in [1.165, 1.54) is 6.92 Å². The number of rotatable bonds is 2. The van der Waals surface area contributed by atoms with Gasteiger partial charge in [0.2, 0.25) is 5.91 Å². The van der Waals surface area contributed by atoms with Crippen molar-refractivity contribution in [3.8, 4) is 0 Å². The molecular formula is C9H13N2OY-. The second-order valence-corrected chi connectivity index (χ2v) is 2.17. The molecule has 0 unspecified atom stereocenters. The molecule has 4 heteroatoms. The molecule has 0 spiro atoms. The van der Waals surface area contributed by atoms with Crippen molar-refractivity contribution in [2.75, 3.05) is 5.43 Å². The number of nitrogens with one attached hydrogen (secondary N) is 2. The van der Waals surface area contributed by atoms with Gasteiger partial charge in [-0.2, -0.15) is 0 Å². The molecule has 0 aliphatic rings. The van der Waals surface area contributed by atoms with E-state index in [-0.39, 0.29) is 46.0 Å². The Hall–Kier alpha value is -0.406. The summed E-state index contributed by atoms with van der Waals surface area (Å²) in [5, 5.41) is 0. The van der Waals surface area contributed by atoms with E-state index < -0.39 is 0 Å². The van der Waals surface area contributed by atoms with Gasteiger partial charge in [0.25, 0.3) is 0 Å². The van der Waals surface area contributed by atoms with E-state index in [0.29, 0.717) is 0 Å². The van der Waals surface area contributed by atoms with E-state index in [1.54, 1.807) is 0 Å². The molecule has 0 aromatic heterocycles. The molecule has 0 saturated heterocycles. The van der Waals surface area contributed by atoms with E-state index in [0.717, 1.165) is 5.69 Å². The number of benzene rings is 1. The summed E-state index contributed by atoms with van der Waals surface area (Å²) in [5.41, 5.74) is 6.09. The molecule has 0 saturated carbocycles. The predicted octanol–water partition coefficient (Wildman–Crippen LogP) is 1.60. The van der Waals surface area contributed by atoms with Crippen LogP contribution in [0.1, 0.15) is 6.92 Å². The van der Waals surface area contributed by atoms with Crippen LogP contribution in [-0.2, 0) is 37.5 Å². The van der Waals surface area contributed by atoms with Crippen molar-refractivity contribution in [3.63, 3.8) is 0 Å². The zero-order valence-corrected chi connectivity index (χ0v) is 10.7. The summed E-state index contributed by atoms with van der Waals surface area (Å²) in [6.45, 7) is 1.45. The van der Waals surface area contributed by atoms with Crippen LogP contribution < -0.4 is 10.9 Å². The minimum atomic E-state index is -0.103. The van der Waals surface area contributed by atoms with Crippen LogP contribution in [0.4, 0.5) is 5.69 Å². The van der Waals surface area contributed by atoms with Gasteiger partial charge in [-0.05, 0) is 12.1 Å². The maximum Gasteiger partial charge on any atom is 0.235 e. The summed E-state index contributed by atoms with van der Waals surface area (Å²) in [5.74, 6) is -0.103. The molecule has 0 fully saturated rings. The standard InChI is InChI=1S/C8H10N2O.CH3.Y/c1-7(11)9-10-8-5-3-2-4-6-8;;/h2-6,10H,1H3,(H,9,11);1H3;/q;-1;. The molecule has 0 aliphatic heterocycles. The SMILES string of the molecule is CC(=O)NNc1ccccc1.[CH3-].[Y]. The van der Waals surface area contributed by atoms with E-state index in [1.807, 2.05) is 30.3 Å². The van der Waals surface area contributed by atoms with Crippen molar-refractivity contribution in [2.24, 2.45) is 0 Å². The molecule has 69 valence electrons. The van der Waals surface area contributed by atoms with Crippen LogP contribution in [0.15, 0.2) is 30.3 Å². The fourth-order valence-electron chi connectivity index (χ4n) is 0.682. The predicted molar refractivity (Wildman–Crippen MR) is 50.3 cm³/mol. The molecule has 1 rings (SSSR count). The molecule has 1 radical (unpaired) electrons. The van der Waals surface area contributed by atoms with Crippen molar-refractivity contribution < 1.29 is 37.5 Å². The number of carbonyl (C=O) groups is 1. The summed E-state index contributed by atoms with van der Waals surface area (Å²) >= 11 is 0. The fraction of sp³-hybridized carbons (Fsp3) is 0.111. The van der Waals surface area contributed by atoms with E-state index in [2.05, 4.69) is 10.9 Å². The summed E-state index contributed by atoms with van der Waals surface area (Å²) < 4.78 is 0. The van der Waals surface area contributed by atoms with E-state index >= 15 is 0 Å². The second kappa shape index (κ2) is 8.20. The molecule has 1 aromatic carbocycles. The van der Waals surface area contributed by atoms with Crippen molar-refractivity contribution >= 4 is 11.6 Å². The Bertz CT molecular complexity index is 239. The van der Waals surface area contributed by atoms with Gasteiger partial charge in [0.15, 0.2) is 0 Å². The number of hydrogen-bond acceptors (Lipinski definition) is 2. The molecular weight excluding hydrogens is 241 g/mol. The summed E-state index contributed by atoms with van der Waals surface area (Å²) in [4.78, 5) is 10.4. The Labute approximate surface area is 104 Å². The third kappa shape index (κ3) is 6.73. The maximum absolute atomic E-state index is 10.4. The summed E-state index contributed by atoms with van der Waals surface area (Å²) in [6.07, 6.45) is 0. The molecule has 1 aromatic rings. The maximum atomic E-state index is 10.4. The van der Waals surface area contributed by atoms with Crippen molar-refractivity contribution in [3.05, 3.63) is 37.8 Å². The third-order valence-corrected chi connectivity index (χ3v) is 1.16. The van der Waals surface area contributed by atoms with Crippen molar-refractivity contribution in [1.82, 2.24) is 5.43 Å². The van der Waals surface area contributed by atoms with Gasteiger partial charge in [0.1, 0.15) is 0 Å². The van der Waals surface area contributed by atoms with Crippen LogP contribution >= 0.6 is 0 Å². The first-order valence-corrected chi connectivity index (χ1v) is 3.36. The normalized spacial score (nSPS) is 7.46. The number of hydrazine groups is 1. The zero-order chi connectivity index (χ0) is 8.10. The van der Waals surface area contributed by atoms with E-state index in [4.69, 9.17) is 0 Å². The average Bonchev–Trinajstić information content (AvgIpc) is 2.03. The smallest absolute Gasteiger partial charge is 0.235 e. The monoisotopic (exact) mass is 254 g/mol. The van der Waals surface area contributed by atoms with Gasteiger partial charge in [-0.1, -0.05) is 18.2 Å². The Kier molecular flexibility index (Phi) is 9.52. The molecule has 0 heterocycles. The Balaban J connectivity index is 0. The Morgan fingerprint density at radius 2 is 1.77 bits per heavy atom. The largest absolute Gasteiger partial charge is 0.358 e. The molecule has 0 atom stereocenters. The topological polar surface area (TPSA) is 41.1 Å². The second-order valence-electron chi connectivity index (χ2n) is 2.17. The van der Waals surface area contributed by atoms with Crippen LogP contribution in [0, 0.1) is 7.43 Å². The number of carbonyl (C=O) groups excluding carboxylic acids is 1. The first kappa shape index (κ1) is 15.1. The average molecular weight is 254 g/mol. The zero-order valence-electron chi connectivity index (χ0n) is 7.87. The van der Waals surface area contributed by atoms with Crippen LogP contribution in [0.3, 0.4) is 0 Å². The molecule has 1 amide bonds. The van der Waals surface area contributed by atoms with Crippen LogP contribution in [0.2, 0.25) is 0 Å². The number of anilines is 1. The minimum absolute atomic E-state index is 0. The van der Waals surface area contributed by atoms with Gasteiger partial charge in [-0.3, -0.25) is 15.6 Å². The number of amides is 1. The van der Waals surface area contributed by atoms with Crippen LogP contribution in [0.5, 0.6) is 0 Å². The van der Waals surface area contributed by atoms with Crippen molar-refractivity contribution in [2.45, 2.75) is 6.92 Å². The van der Waals surface area contributed by atoms with Crippen LogP contribution in [0.25, 0.3) is 0 Å². The molecule has 3 nitrogen and oxygen atoms in total. The van der Waals surface area contributed by atoms with Gasteiger partial charge < -0.3 is 7.43 Å². The summed E-state index contributed by atoms with van der Waals surface area (Å²) in [7, 11) is 0. The number of para-hydroxylation sites is 1. The third-order valence-electron chi connectivity index (χ3n) is 1.16. The van der Waals surface area contributed by atoms with Gasteiger partial charge in [-0.25, -0.2) is 0 Å². The first-order chi connectivity index (χ1) is 5.29. The molecule has 0 bridgehead atoms. The Morgan fingerprint density at radius 3 is 2.23 bits per heavy atom. The first-order valence-electron chi connectivity index (χ1n) is 3.36. The molecule has 13 heavy (non-hydrogen) atoms. The van der Waals surface area contributed by atoms with Crippen LogP contribution in [-0.4, -0.2) is 5.91 Å².